The first-order valence-corrected chi connectivity index (χ1v) is 4.84. The second kappa shape index (κ2) is 6.03. The van der Waals surface area contributed by atoms with Gasteiger partial charge in [0.15, 0.2) is 0 Å². The molecule has 0 heterocycles. The van der Waals surface area contributed by atoms with Gasteiger partial charge >= 0.3 is 12.3 Å². The summed E-state index contributed by atoms with van der Waals surface area (Å²) in [5.41, 5.74) is 0. The zero-order valence-corrected chi connectivity index (χ0v) is 9.44. The van der Waals surface area contributed by atoms with Crippen molar-refractivity contribution >= 4 is 5.91 Å². The van der Waals surface area contributed by atoms with Crippen molar-refractivity contribution in [1.82, 2.24) is 10.2 Å². The second-order valence-electron chi connectivity index (χ2n) is 3.75. The molecule has 0 saturated heterocycles. The largest absolute Gasteiger partial charge is 0.383 e. The van der Waals surface area contributed by atoms with Gasteiger partial charge in [0.2, 0.25) is 0 Å². The number of carbonyl (C=O) groups excluding carboxylic acids is 1. The van der Waals surface area contributed by atoms with E-state index in [4.69, 9.17) is 0 Å². The number of hydrogen-bond acceptors (Lipinski definition) is 2. The third-order valence-electron chi connectivity index (χ3n) is 2.21. The molecular formula is C9H16F4N2O. The highest BCUT2D eigenvalue weighted by Gasteiger charge is 2.48. The van der Waals surface area contributed by atoms with Crippen LogP contribution < -0.4 is 5.32 Å². The smallest absolute Gasteiger partial charge is 0.349 e. The van der Waals surface area contributed by atoms with Crippen molar-refractivity contribution in [3.8, 4) is 0 Å². The van der Waals surface area contributed by atoms with E-state index in [0.717, 1.165) is 0 Å². The van der Waals surface area contributed by atoms with E-state index < -0.39 is 18.3 Å². The van der Waals surface area contributed by atoms with Crippen LogP contribution >= 0.6 is 0 Å². The summed E-state index contributed by atoms with van der Waals surface area (Å²) >= 11 is 0. The van der Waals surface area contributed by atoms with Crippen molar-refractivity contribution in [1.29, 1.82) is 0 Å². The molecule has 0 atom stereocenters. The maximum absolute atomic E-state index is 12.4. The molecule has 0 unspecified atom stereocenters. The molecule has 0 aromatic heterocycles. The number of rotatable bonds is 6. The Morgan fingerprint density at radius 3 is 2.25 bits per heavy atom. The first-order valence-electron chi connectivity index (χ1n) is 4.84. The molecular weight excluding hydrogens is 228 g/mol. The first-order chi connectivity index (χ1) is 7.19. The van der Waals surface area contributed by atoms with Crippen molar-refractivity contribution in [2.45, 2.75) is 32.2 Å². The maximum Gasteiger partial charge on any atom is 0.383 e. The van der Waals surface area contributed by atoms with Crippen LogP contribution in [0.25, 0.3) is 0 Å². The summed E-state index contributed by atoms with van der Waals surface area (Å²) < 4.78 is 48.4. The molecule has 0 aromatic carbocycles. The number of hydrogen-bond donors (Lipinski definition) is 1. The topological polar surface area (TPSA) is 32.3 Å². The minimum absolute atomic E-state index is 0.0875. The van der Waals surface area contributed by atoms with Crippen LogP contribution in [0.2, 0.25) is 0 Å². The third-order valence-corrected chi connectivity index (χ3v) is 2.21. The van der Waals surface area contributed by atoms with E-state index >= 15 is 0 Å². The molecule has 0 aliphatic heterocycles. The van der Waals surface area contributed by atoms with Gasteiger partial charge in [-0.25, -0.2) is 8.78 Å². The SMILES string of the molecule is CC(C)N(C)CCNC(=O)C(F)(F)C(F)F. The van der Waals surface area contributed by atoms with Gasteiger partial charge in [-0.1, -0.05) is 0 Å². The number of likely N-dealkylation sites (N-methyl/N-ethyl adjacent to an activating group) is 1. The van der Waals surface area contributed by atoms with Gasteiger partial charge in [0.1, 0.15) is 0 Å². The van der Waals surface area contributed by atoms with Crippen LogP contribution in [0, 0.1) is 0 Å². The highest BCUT2D eigenvalue weighted by Crippen LogP contribution is 2.22. The number of amides is 1. The lowest BCUT2D eigenvalue weighted by atomic mass is 10.3. The van der Waals surface area contributed by atoms with Crippen LogP contribution in [0.3, 0.4) is 0 Å². The Hall–Kier alpha value is -0.850. The van der Waals surface area contributed by atoms with Crippen LogP contribution in [0.4, 0.5) is 17.6 Å². The molecule has 3 nitrogen and oxygen atoms in total. The highest BCUT2D eigenvalue weighted by molar-refractivity contribution is 5.83. The summed E-state index contributed by atoms with van der Waals surface area (Å²) in [7, 11) is 1.74. The fourth-order valence-electron chi connectivity index (χ4n) is 0.821. The minimum Gasteiger partial charge on any atom is -0.349 e. The van der Waals surface area contributed by atoms with Gasteiger partial charge in [0, 0.05) is 19.1 Å². The third kappa shape index (κ3) is 4.34. The Balaban J connectivity index is 4.00. The van der Waals surface area contributed by atoms with Crippen molar-refractivity contribution in [2.24, 2.45) is 0 Å². The monoisotopic (exact) mass is 244 g/mol. The lowest BCUT2D eigenvalue weighted by molar-refractivity contribution is -0.169. The summed E-state index contributed by atoms with van der Waals surface area (Å²) in [4.78, 5) is 12.5. The van der Waals surface area contributed by atoms with Crippen molar-refractivity contribution in [3.63, 3.8) is 0 Å². The van der Waals surface area contributed by atoms with Crippen LogP contribution in [0.5, 0.6) is 0 Å². The van der Waals surface area contributed by atoms with Crippen molar-refractivity contribution in [2.75, 3.05) is 20.1 Å². The molecule has 16 heavy (non-hydrogen) atoms. The standard InChI is InChI=1S/C9H16F4N2O/c1-6(2)15(3)5-4-14-8(16)9(12,13)7(10)11/h6-7H,4-5H2,1-3H3,(H,14,16). The second-order valence-corrected chi connectivity index (χ2v) is 3.75. The average molecular weight is 244 g/mol. The van der Waals surface area contributed by atoms with E-state index in [-0.39, 0.29) is 12.6 Å². The molecule has 96 valence electrons. The molecule has 1 N–H and O–H groups in total. The van der Waals surface area contributed by atoms with Gasteiger partial charge in [-0.05, 0) is 20.9 Å². The molecule has 0 radical (unpaired) electrons. The summed E-state index contributed by atoms with van der Waals surface area (Å²) in [5, 5.41) is 1.78. The number of nitrogens with one attached hydrogen (secondary N) is 1. The lowest BCUT2D eigenvalue weighted by Crippen LogP contribution is -2.47. The molecule has 0 spiro atoms. The quantitative estimate of drug-likeness (QED) is 0.715. The van der Waals surface area contributed by atoms with Crippen molar-refractivity contribution < 1.29 is 22.4 Å². The zero-order chi connectivity index (χ0) is 12.9. The van der Waals surface area contributed by atoms with Crippen LogP contribution in [0.1, 0.15) is 13.8 Å². The number of carbonyl (C=O) groups is 1. The van der Waals surface area contributed by atoms with Gasteiger partial charge in [-0.2, -0.15) is 8.78 Å². The van der Waals surface area contributed by atoms with E-state index in [1.807, 2.05) is 13.8 Å². The van der Waals surface area contributed by atoms with E-state index in [1.54, 1.807) is 17.3 Å². The fraction of sp³-hybridized carbons (Fsp3) is 0.889. The minimum atomic E-state index is -4.61. The van der Waals surface area contributed by atoms with Crippen LogP contribution in [-0.4, -0.2) is 49.3 Å². The molecule has 0 aromatic rings. The predicted octanol–water partition coefficient (Wildman–Crippen LogP) is 1.34. The van der Waals surface area contributed by atoms with Gasteiger partial charge < -0.3 is 10.2 Å². The summed E-state index contributed by atoms with van der Waals surface area (Å²) in [6.07, 6.45) is -3.98. The number of nitrogens with zero attached hydrogens (tertiary/aromatic N) is 1. The van der Waals surface area contributed by atoms with E-state index in [0.29, 0.717) is 6.54 Å². The van der Waals surface area contributed by atoms with Crippen LogP contribution in [0.15, 0.2) is 0 Å². The van der Waals surface area contributed by atoms with Crippen molar-refractivity contribution in [3.05, 3.63) is 0 Å². The normalized spacial score (nSPS) is 12.6. The molecule has 0 bridgehead atoms. The lowest BCUT2D eigenvalue weighted by Gasteiger charge is -2.21. The molecule has 0 aliphatic rings. The first kappa shape index (κ1) is 15.2. The zero-order valence-electron chi connectivity index (χ0n) is 9.44. The Labute approximate surface area is 91.8 Å². The Kier molecular flexibility index (Phi) is 5.71. The summed E-state index contributed by atoms with van der Waals surface area (Å²) in [5.74, 6) is -6.55. The molecule has 1 amide bonds. The van der Waals surface area contributed by atoms with E-state index in [2.05, 4.69) is 0 Å². The number of alkyl halides is 4. The van der Waals surface area contributed by atoms with Gasteiger partial charge in [0.05, 0.1) is 0 Å². The fourth-order valence-corrected chi connectivity index (χ4v) is 0.821. The molecule has 7 heteroatoms. The van der Waals surface area contributed by atoms with Crippen LogP contribution in [-0.2, 0) is 4.79 Å². The summed E-state index contributed by atoms with van der Waals surface area (Å²) in [6.45, 7) is 4.00. The summed E-state index contributed by atoms with van der Waals surface area (Å²) in [6, 6.07) is 0.188. The Morgan fingerprint density at radius 2 is 1.88 bits per heavy atom. The number of halogens is 4. The Morgan fingerprint density at radius 1 is 1.38 bits per heavy atom. The van der Waals surface area contributed by atoms with Gasteiger partial charge in [0.25, 0.3) is 5.91 Å². The molecule has 0 aliphatic carbocycles. The molecule has 0 saturated carbocycles. The maximum atomic E-state index is 12.4. The Bertz CT molecular complexity index is 234. The average Bonchev–Trinajstić information content (AvgIpc) is 2.16. The predicted molar refractivity (Wildman–Crippen MR) is 51.7 cm³/mol. The van der Waals surface area contributed by atoms with Gasteiger partial charge in [-0.3, -0.25) is 4.79 Å². The van der Waals surface area contributed by atoms with E-state index in [9.17, 15) is 22.4 Å². The highest BCUT2D eigenvalue weighted by atomic mass is 19.3. The molecule has 0 fully saturated rings. The van der Waals surface area contributed by atoms with Gasteiger partial charge in [-0.15, -0.1) is 0 Å². The van der Waals surface area contributed by atoms with E-state index in [1.165, 1.54) is 0 Å². The molecule has 0 rings (SSSR count).